The molecular weight excluding hydrogens is 306 g/mol. The Morgan fingerprint density at radius 1 is 1.36 bits per heavy atom. The summed E-state index contributed by atoms with van der Waals surface area (Å²) in [4.78, 5) is 18.0. The third-order valence-electron chi connectivity index (χ3n) is 3.85. The van der Waals surface area contributed by atoms with Gasteiger partial charge in [-0.05, 0) is 18.9 Å². The molecule has 2 aromatic rings. The number of amides is 1. The normalized spacial score (nSPS) is 18.1. The van der Waals surface area contributed by atoms with Crippen molar-refractivity contribution in [1.29, 1.82) is 0 Å². The van der Waals surface area contributed by atoms with Crippen LogP contribution in [0.3, 0.4) is 0 Å². The van der Waals surface area contributed by atoms with Crippen LogP contribution in [0, 0.1) is 0 Å². The highest BCUT2D eigenvalue weighted by molar-refractivity contribution is 6.30. The Balaban J connectivity index is 1.32. The van der Waals surface area contributed by atoms with Gasteiger partial charge in [0.1, 0.15) is 11.9 Å². The van der Waals surface area contributed by atoms with E-state index in [2.05, 4.69) is 10.1 Å². The SMILES string of the molecule is O=C(c1cc(C2CC2)on1)N1CC(Oc2ccc(Cl)cn2)C1. The average molecular weight is 320 g/mol. The van der Waals surface area contributed by atoms with E-state index in [1.165, 1.54) is 6.20 Å². The molecule has 22 heavy (non-hydrogen) atoms. The molecule has 2 aliphatic rings. The van der Waals surface area contributed by atoms with Crippen molar-refractivity contribution in [1.82, 2.24) is 15.0 Å². The zero-order chi connectivity index (χ0) is 15.1. The minimum absolute atomic E-state index is 0.0487. The third kappa shape index (κ3) is 2.66. The summed E-state index contributed by atoms with van der Waals surface area (Å²) in [6.07, 6.45) is 3.73. The molecule has 2 aromatic heterocycles. The van der Waals surface area contributed by atoms with Crippen molar-refractivity contribution in [2.45, 2.75) is 24.9 Å². The molecule has 1 amide bonds. The average Bonchev–Trinajstić information content (AvgIpc) is 3.21. The fourth-order valence-corrected chi connectivity index (χ4v) is 2.51. The minimum atomic E-state index is -0.112. The molecule has 2 fully saturated rings. The molecule has 0 aromatic carbocycles. The predicted octanol–water partition coefficient (Wildman–Crippen LogP) is 2.50. The summed E-state index contributed by atoms with van der Waals surface area (Å²) in [6.45, 7) is 1.05. The maximum Gasteiger partial charge on any atom is 0.276 e. The first-order chi connectivity index (χ1) is 10.7. The number of likely N-dealkylation sites (tertiary alicyclic amines) is 1. The van der Waals surface area contributed by atoms with Crippen LogP contribution in [0.1, 0.15) is 35.0 Å². The van der Waals surface area contributed by atoms with E-state index in [0.717, 1.165) is 18.6 Å². The molecule has 7 heteroatoms. The van der Waals surface area contributed by atoms with Crippen LogP contribution >= 0.6 is 11.6 Å². The van der Waals surface area contributed by atoms with E-state index in [0.29, 0.717) is 35.6 Å². The zero-order valence-electron chi connectivity index (χ0n) is 11.7. The van der Waals surface area contributed by atoms with Crippen LogP contribution < -0.4 is 4.74 Å². The van der Waals surface area contributed by atoms with E-state index >= 15 is 0 Å². The number of carbonyl (C=O) groups excluding carboxylic acids is 1. The highest BCUT2D eigenvalue weighted by Crippen LogP contribution is 2.40. The van der Waals surface area contributed by atoms with Gasteiger partial charge in [-0.25, -0.2) is 4.98 Å². The number of carbonyl (C=O) groups is 1. The molecule has 0 unspecified atom stereocenters. The van der Waals surface area contributed by atoms with Crippen LogP contribution in [0.15, 0.2) is 28.9 Å². The van der Waals surface area contributed by atoms with E-state index < -0.39 is 0 Å². The molecule has 1 saturated carbocycles. The molecule has 1 saturated heterocycles. The molecule has 114 valence electrons. The monoisotopic (exact) mass is 319 g/mol. The molecule has 6 nitrogen and oxygen atoms in total. The van der Waals surface area contributed by atoms with Crippen molar-refractivity contribution < 1.29 is 14.1 Å². The molecule has 0 atom stereocenters. The number of nitrogens with zero attached hydrogens (tertiary/aromatic N) is 3. The molecule has 0 bridgehead atoms. The third-order valence-corrected chi connectivity index (χ3v) is 4.07. The molecule has 0 radical (unpaired) electrons. The van der Waals surface area contributed by atoms with E-state index in [1.807, 2.05) is 0 Å². The van der Waals surface area contributed by atoms with Crippen molar-refractivity contribution in [3.8, 4) is 5.88 Å². The Kier molecular flexibility index (Phi) is 3.26. The van der Waals surface area contributed by atoms with Crippen molar-refractivity contribution in [2.75, 3.05) is 13.1 Å². The minimum Gasteiger partial charge on any atom is -0.471 e. The first kappa shape index (κ1) is 13.6. The Morgan fingerprint density at radius 2 is 2.18 bits per heavy atom. The Morgan fingerprint density at radius 3 is 2.86 bits per heavy atom. The van der Waals surface area contributed by atoms with Gasteiger partial charge in [-0.1, -0.05) is 16.8 Å². The first-order valence-electron chi connectivity index (χ1n) is 7.23. The number of halogens is 1. The highest BCUT2D eigenvalue weighted by atomic mass is 35.5. The van der Waals surface area contributed by atoms with Crippen molar-refractivity contribution >= 4 is 17.5 Å². The molecule has 0 N–H and O–H groups in total. The molecular formula is C15H14ClN3O3. The standard InChI is InChI=1S/C15H14ClN3O3/c16-10-3-4-14(17-6-10)21-11-7-19(8-11)15(20)12-5-13(22-18-12)9-1-2-9/h3-6,9,11H,1-2,7-8H2. The largest absolute Gasteiger partial charge is 0.471 e. The molecule has 0 spiro atoms. The van der Waals surface area contributed by atoms with Crippen LogP contribution in [0.25, 0.3) is 0 Å². The van der Waals surface area contributed by atoms with Crippen LogP contribution in [0.2, 0.25) is 5.02 Å². The lowest BCUT2D eigenvalue weighted by molar-refractivity contribution is 0.0153. The molecule has 4 rings (SSSR count). The lowest BCUT2D eigenvalue weighted by Gasteiger charge is -2.38. The van der Waals surface area contributed by atoms with E-state index in [1.54, 1.807) is 23.1 Å². The summed E-state index contributed by atoms with van der Waals surface area (Å²) in [5, 5.41) is 4.43. The Bertz CT molecular complexity index is 690. The fraction of sp³-hybridized carbons (Fsp3) is 0.400. The molecule has 3 heterocycles. The van der Waals surface area contributed by atoms with Gasteiger partial charge in [-0.3, -0.25) is 4.79 Å². The number of pyridine rings is 1. The molecule has 1 aliphatic carbocycles. The van der Waals surface area contributed by atoms with Crippen LogP contribution in [-0.2, 0) is 0 Å². The lowest BCUT2D eigenvalue weighted by atomic mass is 10.1. The summed E-state index contributed by atoms with van der Waals surface area (Å²) >= 11 is 5.77. The smallest absolute Gasteiger partial charge is 0.276 e. The maximum atomic E-state index is 12.2. The van der Waals surface area contributed by atoms with Gasteiger partial charge in [-0.2, -0.15) is 0 Å². The van der Waals surface area contributed by atoms with Crippen LogP contribution in [0.5, 0.6) is 5.88 Å². The van der Waals surface area contributed by atoms with E-state index in [4.69, 9.17) is 20.9 Å². The Hall–Kier alpha value is -2.08. The van der Waals surface area contributed by atoms with Crippen molar-refractivity contribution in [3.05, 3.63) is 40.9 Å². The van der Waals surface area contributed by atoms with Gasteiger partial charge in [0.05, 0.1) is 18.1 Å². The van der Waals surface area contributed by atoms with Gasteiger partial charge < -0.3 is 14.2 Å². The highest BCUT2D eigenvalue weighted by Gasteiger charge is 2.35. The summed E-state index contributed by atoms with van der Waals surface area (Å²) in [7, 11) is 0. The van der Waals surface area contributed by atoms with Gasteiger partial charge >= 0.3 is 0 Å². The van der Waals surface area contributed by atoms with Gasteiger partial charge in [0.15, 0.2) is 5.69 Å². The topological polar surface area (TPSA) is 68.5 Å². The van der Waals surface area contributed by atoms with Gasteiger partial charge in [-0.15, -0.1) is 0 Å². The maximum absolute atomic E-state index is 12.2. The zero-order valence-corrected chi connectivity index (χ0v) is 12.5. The number of hydrogen-bond acceptors (Lipinski definition) is 5. The number of hydrogen-bond donors (Lipinski definition) is 0. The first-order valence-corrected chi connectivity index (χ1v) is 7.61. The van der Waals surface area contributed by atoms with Crippen LogP contribution in [-0.4, -0.2) is 40.1 Å². The number of rotatable bonds is 4. The quantitative estimate of drug-likeness (QED) is 0.866. The van der Waals surface area contributed by atoms with Gasteiger partial charge in [0, 0.05) is 24.2 Å². The number of ether oxygens (including phenoxy) is 1. The number of aromatic nitrogens is 2. The van der Waals surface area contributed by atoms with E-state index in [9.17, 15) is 4.79 Å². The second-order valence-corrected chi connectivity index (χ2v) is 6.09. The molecule has 1 aliphatic heterocycles. The van der Waals surface area contributed by atoms with Crippen molar-refractivity contribution in [2.24, 2.45) is 0 Å². The van der Waals surface area contributed by atoms with Crippen molar-refractivity contribution in [3.63, 3.8) is 0 Å². The lowest BCUT2D eigenvalue weighted by Crippen LogP contribution is -2.56. The Labute approximate surface area is 132 Å². The predicted molar refractivity (Wildman–Crippen MR) is 78.0 cm³/mol. The van der Waals surface area contributed by atoms with Gasteiger partial charge in [0.25, 0.3) is 5.91 Å². The van der Waals surface area contributed by atoms with Crippen LogP contribution in [0.4, 0.5) is 0 Å². The fourth-order valence-electron chi connectivity index (χ4n) is 2.39. The second-order valence-electron chi connectivity index (χ2n) is 5.65. The summed E-state index contributed by atoms with van der Waals surface area (Å²) in [5.74, 6) is 1.68. The van der Waals surface area contributed by atoms with E-state index in [-0.39, 0.29) is 12.0 Å². The summed E-state index contributed by atoms with van der Waals surface area (Å²) in [5.41, 5.74) is 0.380. The second kappa shape index (κ2) is 5.28. The summed E-state index contributed by atoms with van der Waals surface area (Å²) in [6, 6.07) is 5.20. The summed E-state index contributed by atoms with van der Waals surface area (Å²) < 4.78 is 10.9. The van der Waals surface area contributed by atoms with Gasteiger partial charge in [0.2, 0.25) is 5.88 Å².